The van der Waals surface area contributed by atoms with E-state index in [-0.39, 0.29) is 10.6 Å². The Morgan fingerprint density at radius 3 is 2.71 bits per heavy atom. The molecule has 0 aliphatic carbocycles. The molecule has 1 unspecified atom stereocenters. The molecule has 0 fully saturated rings. The molecule has 2 aromatic rings. The first kappa shape index (κ1) is 15.5. The Hall–Kier alpha value is -1.92. The van der Waals surface area contributed by atoms with Crippen LogP contribution < -0.4 is 11.1 Å². The van der Waals surface area contributed by atoms with Gasteiger partial charge < -0.3 is 11.1 Å². The van der Waals surface area contributed by atoms with Gasteiger partial charge in [-0.3, -0.25) is 9.00 Å². The molecule has 110 valence electrons. The topological polar surface area (TPSA) is 72.2 Å². The molecule has 4 nitrogen and oxygen atoms in total. The zero-order valence-electron chi connectivity index (χ0n) is 10.8. The van der Waals surface area contributed by atoms with Crippen LogP contribution in [0.3, 0.4) is 0 Å². The van der Waals surface area contributed by atoms with E-state index in [0.29, 0.717) is 16.4 Å². The van der Waals surface area contributed by atoms with Gasteiger partial charge >= 0.3 is 0 Å². The molecule has 21 heavy (non-hydrogen) atoms. The van der Waals surface area contributed by atoms with E-state index in [1.165, 1.54) is 24.3 Å². The molecule has 2 rings (SSSR count). The number of hydrogen-bond donors (Lipinski definition) is 2. The summed E-state index contributed by atoms with van der Waals surface area (Å²) in [5.74, 6) is -1.51. The van der Waals surface area contributed by atoms with Gasteiger partial charge in [0.05, 0.1) is 26.4 Å². The summed E-state index contributed by atoms with van der Waals surface area (Å²) in [5.41, 5.74) is 6.36. The number of hydrogen-bond acceptors (Lipinski definition) is 3. The summed E-state index contributed by atoms with van der Waals surface area (Å²) < 4.78 is 25.4. The van der Waals surface area contributed by atoms with Crippen LogP contribution in [0.2, 0.25) is 5.02 Å². The molecule has 0 aromatic heterocycles. The molecular weight excluding hydrogens is 315 g/mol. The molecule has 0 aliphatic heterocycles. The van der Waals surface area contributed by atoms with Gasteiger partial charge in [-0.2, -0.15) is 0 Å². The fourth-order valence-corrected chi connectivity index (χ4v) is 2.80. The molecule has 7 heteroatoms. The van der Waals surface area contributed by atoms with E-state index >= 15 is 0 Å². The summed E-state index contributed by atoms with van der Waals surface area (Å²) in [6.45, 7) is 0. The average Bonchev–Trinajstić information content (AvgIpc) is 2.43. The minimum atomic E-state index is -1.77. The Bertz CT molecular complexity index is 709. The molecular formula is C14H12ClFN2O2S. The lowest BCUT2D eigenvalue weighted by molar-refractivity contribution is -0.113. The number of carbonyl (C=O) groups excluding carboxylic acids is 1. The lowest BCUT2D eigenvalue weighted by atomic mass is 10.3. The SMILES string of the molecule is Nc1ccc(Cl)c(NC(=O)CS(=O)c2ccccc2F)c1. The van der Waals surface area contributed by atoms with E-state index in [0.717, 1.165) is 0 Å². The van der Waals surface area contributed by atoms with E-state index < -0.39 is 22.5 Å². The van der Waals surface area contributed by atoms with Crippen molar-refractivity contribution in [1.82, 2.24) is 0 Å². The van der Waals surface area contributed by atoms with Gasteiger partial charge in [0, 0.05) is 5.69 Å². The molecule has 1 atom stereocenters. The fraction of sp³-hybridized carbons (Fsp3) is 0.0714. The molecule has 0 spiro atoms. The molecule has 0 radical (unpaired) electrons. The summed E-state index contributed by atoms with van der Waals surface area (Å²) in [4.78, 5) is 11.8. The highest BCUT2D eigenvalue weighted by Crippen LogP contribution is 2.24. The van der Waals surface area contributed by atoms with Crippen molar-refractivity contribution in [2.24, 2.45) is 0 Å². The molecule has 3 N–H and O–H groups in total. The van der Waals surface area contributed by atoms with Crippen molar-refractivity contribution >= 4 is 39.7 Å². The van der Waals surface area contributed by atoms with Crippen LogP contribution in [0.15, 0.2) is 47.4 Å². The number of nitrogens with two attached hydrogens (primary N) is 1. The minimum Gasteiger partial charge on any atom is -0.399 e. The first-order chi connectivity index (χ1) is 9.97. The summed E-state index contributed by atoms with van der Waals surface area (Å²) in [5, 5.41) is 2.82. The van der Waals surface area contributed by atoms with Gasteiger partial charge in [-0.25, -0.2) is 4.39 Å². The molecule has 0 aliphatic rings. The minimum absolute atomic E-state index is 0.00803. The third kappa shape index (κ3) is 4.03. The molecule has 2 aromatic carbocycles. The highest BCUT2D eigenvalue weighted by atomic mass is 35.5. The monoisotopic (exact) mass is 326 g/mol. The number of nitrogen functional groups attached to an aromatic ring is 1. The van der Waals surface area contributed by atoms with Crippen LogP contribution >= 0.6 is 11.6 Å². The van der Waals surface area contributed by atoms with Gasteiger partial charge in [-0.1, -0.05) is 23.7 Å². The predicted octanol–water partition coefficient (Wildman–Crippen LogP) is 2.81. The molecule has 1 amide bonds. The summed E-state index contributed by atoms with van der Waals surface area (Å²) in [6.07, 6.45) is 0. The van der Waals surface area contributed by atoms with Crippen molar-refractivity contribution in [1.29, 1.82) is 0 Å². The number of nitrogens with one attached hydrogen (secondary N) is 1. The highest BCUT2D eigenvalue weighted by Gasteiger charge is 2.14. The molecule has 0 saturated carbocycles. The molecule has 0 heterocycles. The average molecular weight is 327 g/mol. The molecule has 0 bridgehead atoms. The van der Waals surface area contributed by atoms with Crippen molar-refractivity contribution in [3.8, 4) is 0 Å². The van der Waals surface area contributed by atoms with Crippen molar-refractivity contribution < 1.29 is 13.4 Å². The third-order valence-electron chi connectivity index (χ3n) is 2.61. The van der Waals surface area contributed by atoms with E-state index in [1.807, 2.05) is 0 Å². The second-order valence-corrected chi connectivity index (χ2v) is 6.03. The zero-order valence-corrected chi connectivity index (χ0v) is 12.4. The summed E-state index contributed by atoms with van der Waals surface area (Å²) in [6, 6.07) is 10.2. The van der Waals surface area contributed by atoms with Crippen LogP contribution in [0.25, 0.3) is 0 Å². The largest absolute Gasteiger partial charge is 0.399 e. The Morgan fingerprint density at radius 1 is 1.29 bits per heavy atom. The van der Waals surface area contributed by atoms with Gasteiger partial charge in [0.1, 0.15) is 11.6 Å². The first-order valence-corrected chi connectivity index (χ1v) is 7.65. The fourth-order valence-electron chi connectivity index (χ4n) is 1.65. The van der Waals surface area contributed by atoms with Crippen molar-refractivity contribution in [3.05, 3.63) is 53.3 Å². The number of carbonyl (C=O) groups is 1. The quantitative estimate of drug-likeness (QED) is 0.849. The lowest BCUT2D eigenvalue weighted by Crippen LogP contribution is -2.20. The van der Waals surface area contributed by atoms with Crippen LogP contribution in [0.1, 0.15) is 0 Å². The van der Waals surface area contributed by atoms with Gasteiger partial charge in [-0.15, -0.1) is 0 Å². The van der Waals surface area contributed by atoms with Crippen LogP contribution in [0, 0.1) is 5.82 Å². The van der Waals surface area contributed by atoms with Gasteiger partial charge in [0.2, 0.25) is 5.91 Å². The van der Waals surface area contributed by atoms with Crippen molar-refractivity contribution in [2.45, 2.75) is 4.90 Å². The number of benzene rings is 2. The maximum absolute atomic E-state index is 13.5. The number of anilines is 2. The maximum Gasteiger partial charge on any atom is 0.237 e. The van der Waals surface area contributed by atoms with Crippen LogP contribution in [-0.2, 0) is 15.6 Å². The third-order valence-corrected chi connectivity index (χ3v) is 4.28. The van der Waals surface area contributed by atoms with E-state index in [2.05, 4.69) is 5.32 Å². The zero-order chi connectivity index (χ0) is 15.4. The lowest BCUT2D eigenvalue weighted by Gasteiger charge is -2.08. The first-order valence-electron chi connectivity index (χ1n) is 5.95. The standard InChI is InChI=1S/C14H12ClFN2O2S/c15-10-6-5-9(17)7-12(10)18-14(19)8-21(20)13-4-2-1-3-11(13)16/h1-7H,8,17H2,(H,18,19). The molecule has 0 saturated heterocycles. The van der Waals surface area contributed by atoms with Gasteiger partial charge in [-0.05, 0) is 30.3 Å². The van der Waals surface area contributed by atoms with Crippen LogP contribution in [0.5, 0.6) is 0 Å². The summed E-state index contributed by atoms with van der Waals surface area (Å²) >= 11 is 5.91. The predicted molar refractivity (Wildman–Crippen MR) is 82.2 cm³/mol. The Labute approximate surface area is 128 Å². The van der Waals surface area contributed by atoms with E-state index in [9.17, 15) is 13.4 Å². The number of amides is 1. The summed E-state index contributed by atoms with van der Waals surface area (Å²) in [7, 11) is -1.77. The van der Waals surface area contributed by atoms with Crippen LogP contribution in [0.4, 0.5) is 15.8 Å². The second-order valence-electron chi connectivity index (χ2n) is 4.21. The van der Waals surface area contributed by atoms with E-state index in [1.54, 1.807) is 18.2 Å². The maximum atomic E-state index is 13.5. The van der Waals surface area contributed by atoms with Gasteiger partial charge in [0.25, 0.3) is 0 Å². The van der Waals surface area contributed by atoms with Gasteiger partial charge in [0.15, 0.2) is 0 Å². The smallest absolute Gasteiger partial charge is 0.237 e. The van der Waals surface area contributed by atoms with E-state index in [4.69, 9.17) is 17.3 Å². The Morgan fingerprint density at radius 2 is 2.00 bits per heavy atom. The second kappa shape index (κ2) is 6.69. The van der Waals surface area contributed by atoms with Crippen LogP contribution in [-0.4, -0.2) is 15.9 Å². The van der Waals surface area contributed by atoms with Crippen molar-refractivity contribution in [2.75, 3.05) is 16.8 Å². The Kier molecular flexibility index (Phi) is 4.93. The Balaban J connectivity index is 2.07. The highest BCUT2D eigenvalue weighted by molar-refractivity contribution is 7.85. The number of rotatable bonds is 4. The van der Waals surface area contributed by atoms with Crippen molar-refractivity contribution in [3.63, 3.8) is 0 Å². The number of halogens is 2. The normalized spacial score (nSPS) is 11.9.